The van der Waals surface area contributed by atoms with E-state index in [1.165, 1.54) is 18.9 Å². The predicted molar refractivity (Wildman–Crippen MR) is 136 cm³/mol. The first-order chi connectivity index (χ1) is 17.5. The molecule has 3 saturated heterocycles. The van der Waals surface area contributed by atoms with E-state index in [1.807, 2.05) is 78.9 Å². The van der Waals surface area contributed by atoms with Crippen molar-refractivity contribution in [2.75, 3.05) is 19.6 Å². The lowest BCUT2D eigenvalue weighted by Crippen LogP contribution is -2.61. The molecular formula is C31H32FN2O2+. The fraction of sp³-hybridized carbons (Fsp3) is 0.323. The van der Waals surface area contributed by atoms with E-state index in [2.05, 4.69) is 5.16 Å². The van der Waals surface area contributed by atoms with Gasteiger partial charge in [-0.1, -0.05) is 78.0 Å². The van der Waals surface area contributed by atoms with Crippen LogP contribution in [0.4, 0.5) is 4.39 Å². The largest absolute Gasteiger partial charge is 0.374 e. The van der Waals surface area contributed by atoms with Crippen LogP contribution in [0.3, 0.4) is 0 Å². The molecule has 36 heavy (non-hydrogen) atoms. The Morgan fingerprint density at radius 1 is 0.889 bits per heavy atom. The highest BCUT2D eigenvalue weighted by atomic mass is 19.1. The van der Waals surface area contributed by atoms with Gasteiger partial charge in [0.15, 0.2) is 11.4 Å². The summed E-state index contributed by atoms with van der Waals surface area (Å²) in [6, 6.07) is 28.3. The van der Waals surface area contributed by atoms with Gasteiger partial charge in [0.1, 0.15) is 18.1 Å². The van der Waals surface area contributed by atoms with Gasteiger partial charge in [0.25, 0.3) is 0 Å². The summed E-state index contributed by atoms with van der Waals surface area (Å²) in [6.07, 6.45) is 3.31. The molecule has 4 aromatic rings. The molecule has 2 bridgehead atoms. The number of rotatable bonds is 7. The van der Waals surface area contributed by atoms with Gasteiger partial charge in [0, 0.05) is 24.8 Å². The molecule has 1 N–H and O–H groups in total. The molecule has 1 aromatic heterocycles. The monoisotopic (exact) mass is 483 g/mol. The molecule has 5 heteroatoms. The van der Waals surface area contributed by atoms with Crippen LogP contribution in [0.1, 0.15) is 41.0 Å². The van der Waals surface area contributed by atoms with Crippen molar-refractivity contribution in [1.29, 1.82) is 0 Å². The van der Waals surface area contributed by atoms with E-state index in [0.717, 1.165) is 59.5 Å². The fourth-order valence-corrected chi connectivity index (χ4v) is 6.57. The summed E-state index contributed by atoms with van der Waals surface area (Å²) in [5, 5.41) is 16.4. The lowest BCUT2D eigenvalue weighted by atomic mass is 9.74. The summed E-state index contributed by atoms with van der Waals surface area (Å²) in [6.45, 7) is 4.09. The second-order valence-electron chi connectivity index (χ2n) is 10.7. The Labute approximate surface area is 211 Å². The van der Waals surface area contributed by atoms with Crippen LogP contribution in [0.2, 0.25) is 0 Å². The first-order valence-electron chi connectivity index (χ1n) is 12.9. The highest BCUT2D eigenvalue weighted by molar-refractivity contribution is 5.44. The van der Waals surface area contributed by atoms with E-state index < -0.39 is 5.60 Å². The van der Waals surface area contributed by atoms with Crippen molar-refractivity contribution in [2.45, 2.75) is 31.4 Å². The molecule has 0 amide bonds. The van der Waals surface area contributed by atoms with Crippen molar-refractivity contribution in [3.05, 3.63) is 125 Å². The third-order valence-corrected chi connectivity index (χ3v) is 8.43. The third-order valence-electron chi connectivity index (χ3n) is 8.43. The molecule has 0 spiro atoms. The molecule has 0 radical (unpaired) electrons. The Balaban J connectivity index is 1.26. The molecule has 3 aliphatic heterocycles. The molecule has 1 unspecified atom stereocenters. The number of halogens is 1. The Hall–Kier alpha value is -3.28. The number of quaternary nitrogens is 1. The minimum absolute atomic E-state index is 0.156. The number of aromatic nitrogens is 1. The quantitative estimate of drug-likeness (QED) is 0.343. The van der Waals surface area contributed by atoms with Gasteiger partial charge in [0.05, 0.1) is 19.6 Å². The number of fused-ring (bicyclic) bond motifs is 3. The zero-order valence-corrected chi connectivity index (χ0v) is 20.4. The maximum Gasteiger partial charge on any atom is 0.191 e. The highest BCUT2D eigenvalue weighted by Crippen LogP contribution is 2.41. The number of hydrogen-bond acceptors (Lipinski definition) is 3. The van der Waals surface area contributed by atoms with E-state index in [9.17, 15) is 9.50 Å². The van der Waals surface area contributed by atoms with Gasteiger partial charge in [-0.3, -0.25) is 0 Å². The van der Waals surface area contributed by atoms with Gasteiger partial charge in [0.2, 0.25) is 0 Å². The molecule has 0 aliphatic carbocycles. The van der Waals surface area contributed by atoms with Crippen molar-refractivity contribution in [3.8, 4) is 0 Å². The molecule has 3 fully saturated rings. The van der Waals surface area contributed by atoms with E-state index in [1.54, 1.807) is 6.07 Å². The topological polar surface area (TPSA) is 46.3 Å². The summed E-state index contributed by atoms with van der Waals surface area (Å²) in [5.74, 6) is 1.90. The number of benzene rings is 3. The van der Waals surface area contributed by atoms with Gasteiger partial charge in [-0.05, 0) is 41.2 Å². The molecule has 7 rings (SSSR count). The second-order valence-corrected chi connectivity index (χ2v) is 10.7. The van der Waals surface area contributed by atoms with Crippen molar-refractivity contribution >= 4 is 0 Å². The third kappa shape index (κ3) is 4.27. The van der Waals surface area contributed by atoms with E-state index in [4.69, 9.17) is 4.52 Å². The van der Waals surface area contributed by atoms with Crippen LogP contribution < -0.4 is 0 Å². The van der Waals surface area contributed by atoms with Crippen LogP contribution >= 0.6 is 0 Å². The minimum Gasteiger partial charge on any atom is -0.374 e. The van der Waals surface area contributed by atoms with Crippen LogP contribution in [0.5, 0.6) is 0 Å². The van der Waals surface area contributed by atoms with Crippen molar-refractivity contribution in [1.82, 2.24) is 5.16 Å². The van der Waals surface area contributed by atoms with Crippen molar-refractivity contribution in [3.63, 3.8) is 0 Å². The van der Waals surface area contributed by atoms with Gasteiger partial charge in [-0.2, -0.15) is 0 Å². The smallest absolute Gasteiger partial charge is 0.191 e. The number of nitrogens with zero attached hydrogens (tertiary/aromatic N) is 2. The zero-order valence-electron chi connectivity index (χ0n) is 20.4. The number of piperidine rings is 3. The molecule has 4 nitrogen and oxygen atoms in total. The summed E-state index contributed by atoms with van der Waals surface area (Å²) in [4.78, 5) is 0. The zero-order chi connectivity index (χ0) is 24.6. The lowest BCUT2D eigenvalue weighted by Gasteiger charge is -2.52. The highest BCUT2D eigenvalue weighted by Gasteiger charge is 2.46. The van der Waals surface area contributed by atoms with Gasteiger partial charge < -0.3 is 14.1 Å². The average molecular weight is 484 g/mol. The Kier molecular flexibility index (Phi) is 5.98. The van der Waals surface area contributed by atoms with Crippen LogP contribution in [0, 0.1) is 17.7 Å². The fourth-order valence-electron chi connectivity index (χ4n) is 6.57. The predicted octanol–water partition coefficient (Wildman–Crippen LogP) is 5.70. The average Bonchev–Trinajstić information content (AvgIpc) is 3.38. The molecular weight excluding hydrogens is 451 g/mol. The van der Waals surface area contributed by atoms with Crippen LogP contribution in [0.15, 0.2) is 95.5 Å². The summed E-state index contributed by atoms with van der Waals surface area (Å²) < 4.78 is 20.6. The SMILES string of the molecule is OC(c1ccccc1)(c1ccccc1)c1cc(C[N+]23CCC(CC2)C(Cc2cccc(F)c2)C3)on1. The van der Waals surface area contributed by atoms with Crippen molar-refractivity contribution < 1.29 is 18.5 Å². The maximum atomic E-state index is 13.8. The van der Waals surface area contributed by atoms with Crippen molar-refractivity contribution in [2.24, 2.45) is 11.8 Å². The van der Waals surface area contributed by atoms with Gasteiger partial charge >= 0.3 is 0 Å². The molecule has 3 aliphatic rings. The van der Waals surface area contributed by atoms with Crippen LogP contribution in [0.25, 0.3) is 0 Å². The summed E-state index contributed by atoms with van der Waals surface area (Å²) >= 11 is 0. The van der Waals surface area contributed by atoms with E-state index in [0.29, 0.717) is 17.5 Å². The Morgan fingerprint density at radius 3 is 2.19 bits per heavy atom. The molecule has 4 heterocycles. The summed E-state index contributed by atoms with van der Waals surface area (Å²) in [7, 11) is 0. The lowest BCUT2D eigenvalue weighted by molar-refractivity contribution is -0.960. The maximum absolute atomic E-state index is 13.8. The minimum atomic E-state index is -1.39. The van der Waals surface area contributed by atoms with E-state index in [-0.39, 0.29) is 5.82 Å². The van der Waals surface area contributed by atoms with E-state index >= 15 is 0 Å². The van der Waals surface area contributed by atoms with Gasteiger partial charge in [-0.15, -0.1) is 0 Å². The second kappa shape index (κ2) is 9.30. The molecule has 1 atom stereocenters. The Morgan fingerprint density at radius 2 is 1.56 bits per heavy atom. The first kappa shape index (κ1) is 23.1. The van der Waals surface area contributed by atoms with Gasteiger partial charge in [-0.25, -0.2) is 4.39 Å². The number of aliphatic hydroxyl groups is 1. The molecule has 0 saturated carbocycles. The standard InChI is InChI=1S/C31H32FN2O2/c32-28-13-7-8-23(19-28)18-25-21-34(16-14-24(25)15-17-34)22-29-20-30(33-36-29)31(35,26-9-3-1-4-10-26)27-11-5-2-6-12-27/h1-13,19-20,24-25,35H,14-18,21-22H2/q+1. The summed E-state index contributed by atoms with van der Waals surface area (Å²) in [5.41, 5.74) is 1.73. The van der Waals surface area contributed by atoms with Crippen LogP contribution in [-0.2, 0) is 18.6 Å². The normalized spacial score (nSPS) is 23.6. The molecule has 3 aromatic carbocycles. The first-order valence-corrected chi connectivity index (χ1v) is 12.9. The van der Waals surface area contributed by atoms with Crippen LogP contribution in [-0.4, -0.2) is 34.4 Å². The number of hydrogen-bond donors (Lipinski definition) is 1. The molecule has 184 valence electrons. The Bertz CT molecular complexity index is 1270.